The summed E-state index contributed by atoms with van der Waals surface area (Å²) in [6.45, 7) is 2.31. The van der Waals surface area contributed by atoms with E-state index in [2.05, 4.69) is 18.0 Å². The van der Waals surface area contributed by atoms with Crippen molar-refractivity contribution in [3.63, 3.8) is 0 Å². The fraction of sp³-hybridized carbons (Fsp3) is 0.750. The normalized spacial score (nSPS) is 50.1. The fourth-order valence-electron chi connectivity index (χ4n) is 2.44. The highest BCUT2D eigenvalue weighted by Crippen LogP contribution is 2.61. The second-order valence-electron chi connectivity index (χ2n) is 3.46. The summed E-state index contributed by atoms with van der Waals surface area (Å²) in [5.41, 5.74) is 1.66. The molecule has 2 aliphatic heterocycles. The van der Waals surface area contributed by atoms with Crippen LogP contribution in [-0.2, 0) is 0 Å². The van der Waals surface area contributed by atoms with Gasteiger partial charge in [0.1, 0.15) is 0 Å². The van der Waals surface area contributed by atoms with E-state index in [-0.39, 0.29) is 0 Å². The molecule has 0 bridgehead atoms. The summed E-state index contributed by atoms with van der Waals surface area (Å²) in [5.74, 6) is 2.08. The van der Waals surface area contributed by atoms with Crippen molar-refractivity contribution in [1.82, 2.24) is 4.90 Å². The first-order valence-corrected chi connectivity index (χ1v) is 3.92. The molecular formula is C8H11N. The Morgan fingerprint density at radius 2 is 2.67 bits per heavy atom. The van der Waals surface area contributed by atoms with Crippen LogP contribution in [0.2, 0.25) is 0 Å². The minimum Gasteiger partial charge on any atom is -0.344 e. The van der Waals surface area contributed by atoms with Gasteiger partial charge in [-0.1, -0.05) is 13.3 Å². The van der Waals surface area contributed by atoms with Gasteiger partial charge in [-0.05, 0) is 12.3 Å². The molecule has 0 amide bonds. The first-order chi connectivity index (χ1) is 4.42. The van der Waals surface area contributed by atoms with Gasteiger partial charge in [-0.2, -0.15) is 0 Å². The van der Waals surface area contributed by atoms with Gasteiger partial charge in [-0.25, -0.2) is 0 Å². The molecule has 0 spiro atoms. The third-order valence-corrected chi connectivity index (χ3v) is 3.19. The molecule has 0 N–H and O–H groups in total. The van der Waals surface area contributed by atoms with Crippen molar-refractivity contribution in [3.05, 3.63) is 11.9 Å². The van der Waals surface area contributed by atoms with Gasteiger partial charge in [-0.15, -0.1) is 0 Å². The lowest BCUT2D eigenvalue weighted by molar-refractivity contribution is 0.0203. The lowest BCUT2D eigenvalue weighted by Gasteiger charge is -2.53. The average Bonchev–Trinajstić information content (AvgIpc) is 2.44. The molecule has 2 unspecified atom stereocenters. The van der Waals surface area contributed by atoms with Crippen LogP contribution in [0.5, 0.6) is 0 Å². The third kappa shape index (κ3) is 0.305. The Hall–Kier alpha value is -0.460. The molecule has 48 valence electrons. The maximum absolute atomic E-state index is 2.44. The summed E-state index contributed by atoms with van der Waals surface area (Å²) in [6, 6.07) is 0.977. The van der Waals surface area contributed by atoms with E-state index >= 15 is 0 Å². The van der Waals surface area contributed by atoms with E-state index in [0.29, 0.717) is 0 Å². The first-order valence-electron chi connectivity index (χ1n) is 3.92. The zero-order valence-corrected chi connectivity index (χ0v) is 5.67. The zero-order chi connectivity index (χ0) is 6.01. The molecule has 3 atom stereocenters. The Morgan fingerprint density at radius 1 is 1.78 bits per heavy atom. The van der Waals surface area contributed by atoms with Crippen LogP contribution in [0.1, 0.15) is 19.8 Å². The molecule has 0 aromatic heterocycles. The molecule has 0 aromatic rings. The summed E-state index contributed by atoms with van der Waals surface area (Å²) in [6.07, 6.45) is 5.19. The van der Waals surface area contributed by atoms with Gasteiger partial charge in [-0.3, -0.25) is 0 Å². The van der Waals surface area contributed by atoms with E-state index in [1.807, 2.05) is 0 Å². The molecule has 3 rings (SSSR count). The van der Waals surface area contributed by atoms with Crippen molar-refractivity contribution < 1.29 is 0 Å². The molecule has 1 heteroatoms. The Morgan fingerprint density at radius 3 is 3.33 bits per heavy atom. The van der Waals surface area contributed by atoms with Gasteiger partial charge < -0.3 is 4.90 Å². The van der Waals surface area contributed by atoms with Gasteiger partial charge in [0.05, 0.1) is 0 Å². The van der Waals surface area contributed by atoms with Gasteiger partial charge in [0.25, 0.3) is 0 Å². The molecule has 2 fully saturated rings. The Bertz CT molecular complexity index is 195. The largest absolute Gasteiger partial charge is 0.344 e. The van der Waals surface area contributed by atoms with E-state index in [1.165, 1.54) is 12.8 Å². The summed E-state index contributed by atoms with van der Waals surface area (Å²) in [4.78, 5) is 2.44. The smallest absolute Gasteiger partial charge is 0.0423 e. The second-order valence-corrected chi connectivity index (χ2v) is 3.46. The number of fused-ring (bicyclic) bond motifs is 4. The molecule has 0 aromatic carbocycles. The second kappa shape index (κ2) is 1.05. The van der Waals surface area contributed by atoms with E-state index in [9.17, 15) is 0 Å². The van der Waals surface area contributed by atoms with Gasteiger partial charge >= 0.3 is 0 Å². The Balaban J connectivity index is 1.81. The monoisotopic (exact) mass is 121 g/mol. The van der Waals surface area contributed by atoms with Gasteiger partial charge in [0.2, 0.25) is 0 Å². The molecule has 1 saturated carbocycles. The van der Waals surface area contributed by atoms with Crippen molar-refractivity contribution in [2.24, 2.45) is 11.8 Å². The SMILES string of the molecule is CCC1CC2[C@H]1C1=CN12. The molecule has 0 radical (unpaired) electrons. The average molecular weight is 121 g/mol. The Labute approximate surface area is 55.3 Å². The van der Waals surface area contributed by atoms with Crippen LogP contribution < -0.4 is 0 Å². The molecule has 9 heavy (non-hydrogen) atoms. The van der Waals surface area contributed by atoms with Crippen LogP contribution in [0.25, 0.3) is 0 Å². The summed E-state index contributed by atoms with van der Waals surface area (Å²) in [7, 11) is 0. The first kappa shape index (κ1) is 4.37. The molecule has 3 aliphatic rings. The van der Waals surface area contributed by atoms with Crippen molar-refractivity contribution in [3.8, 4) is 0 Å². The maximum Gasteiger partial charge on any atom is 0.0423 e. The minimum absolute atomic E-state index is 0.977. The quantitative estimate of drug-likeness (QED) is 0.509. The highest BCUT2D eigenvalue weighted by Gasteiger charge is 2.60. The number of piperidine rings is 1. The van der Waals surface area contributed by atoms with Crippen LogP contribution in [-0.4, -0.2) is 10.9 Å². The maximum atomic E-state index is 2.44. The molecule has 1 aliphatic carbocycles. The lowest BCUT2D eigenvalue weighted by atomic mass is 9.63. The number of hydrogen-bond donors (Lipinski definition) is 0. The zero-order valence-electron chi connectivity index (χ0n) is 5.67. The van der Waals surface area contributed by atoms with Crippen molar-refractivity contribution in [2.45, 2.75) is 25.8 Å². The highest BCUT2D eigenvalue weighted by atomic mass is 15.4. The van der Waals surface area contributed by atoms with E-state index < -0.39 is 0 Å². The predicted octanol–water partition coefficient (Wildman–Crippen LogP) is 1.57. The van der Waals surface area contributed by atoms with Crippen LogP contribution in [0, 0.1) is 11.8 Å². The van der Waals surface area contributed by atoms with Crippen molar-refractivity contribution in [1.29, 1.82) is 0 Å². The predicted molar refractivity (Wildman–Crippen MR) is 35.6 cm³/mol. The standard InChI is InChI=1S/C8H11N/c1-2-5-3-6-8(5)7-4-9(6)7/h4-6,8H,2-3H2,1H3/t5?,6?,8-,9?/m0/s1. The highest BCUT2D eigenvalue weighted by molar-refractivity contribution is 5.40. The summed E-state index contributed by atoms with van der Waals surface area (Å²) in [5, 5.41) is 0. The lowest BCUT2D eigenvalue weighted by Crippen LogP contribution is -2.54. The van der Waals surface area contributed by atoms with Crippen LogP contribution in [0.4, 0.5) is 0 Å². The van der Waals surface area contributed by atoms with Gasteiger partial charge in [0.15, 0.2) is 0 Å². The molecule has 1 saturated heterocycles. The minimum atomic E-state index is 0.977. The molecule has 2 heterocycles. The third-order valence-electron chi connectivity index (χ3n) is 3.19. The van der Waals surface area contributed by atoms with E-state index in [1.54, 1.807) is 5.70 Å². The van der Waals surface area contributed by atoms with E-state index in [0.717, 1.165) is 17.9 Å². The Kier molecular flexibility index (Phi) is 0.509. The molecular weight excluding hydrogens is 110 g/mol. The van der Waals surface area contributed by atoms with Crippen molar-refractivity contribution in [2.75, 3.05) is 0 Å². The van der Waals surface area contributed by atoms with Crippen LogP contribution in [0.15, 0.2) is 11.9 Å². The molecule has 1 nitrogen and oxygen atoms in total. The topological polar surface area (TPSA) is 3.01 Å². The number of hydrogen-bond acceptors (Lipinski definition) is 1. The van der Waals surface area contributed by atoms with Gasteiger partial charge in [0, 0.05) is 23.9 Å². The van der Waals surface area contributed by atoms with Crippen LogP contribution >= 0.6 is 0 Å². The van der Waals surface area contributed by atoms with Crippen LogP contribution in [0.3, 0.4) is 0 Å². The summed E-state index contributed by atoms with van der Waals surface area (Å²) < 4.78 is 0. The fourth-order valence-corrected chi connectivity index (χ4v) is 2.44. The summed E-state index contributed by atoms with van der Waals surface area (Å²) >= 11 is 0. The number of nitrogens with zero attached hydrogens (tertiary/aromatic N) is 1. The van der Waals surface area contributed by atoms with Crippen molar-refractivity contribution >= 4 is 0 Å². The number of rotatable bonds is 1. The van der Waals surface area contributed by atoms with E-state index in [4.69, 9.17) is 0 Å².